The average molecular weight is 300 g/mol. The van der Waals surface area contributed by atoms with Crippen molar-refractivity contribution in [3.05, 3.63) is 35.7 Å². The van der Waals surface area contributed by atoms with Gasteiger partial charge in [-0.2, -0.15) is 0 Å². The zero-order valence-corrected chi connectivity index (χ0v) is 12.7. The fourth-order valence-corrected chi connectivity index (χ4v) is 3.37. The van der Waals surface area contributed by atoms with E-state index in [4.69, 9.17) is 4.52 Å². The lowest BCUT2D eigenvalue weighted by Gasteiger charge is -2.32. The number of imidazole rings is 1. The number of amides is 1. The zero-order valence-electron chi connectivity index (χ0n) is 12.7. The van der Waals surface area contributed by atoms with Crippen LogP contribution in [0.3, 0.4) is 0 Å². The largest absolute Gasteiger partial charge is 0.364 e. The third-order valence-corrected chi connectivity index (χ3v) is 4.72. The van der Waals surface area contributed by atoms with Gasteiger partial charge in [-0.3, -0.25) is 4.79 Å². The van der Waals surface area contributed by atoms with Crippen molar-refractivity contribution in [3.63, 3.8) is 0 Å². The van der Waals surface area contributed by atoms with Crippen LogP contribution in [0, 0.1) is 0 Å². The molecule has 1 aliphatic heterocycles. The first kappa shape index (κ1) is 13.5. The number of carbonyl (C=O) groups is 1. The number of piperidine rings is 1. The molecule has 3 heterocycles. The van der Waals surface area contributed by atoms with Gasteiger partial charge in [-0.15, -0.1) is 0 Å². The van der Waals surface area contributed by atoms with E-state index in [0.29, 0.717) is 17.4 Å². The molecule has 1 saturated carbocycles. The zero-order chi connectivity index (χ0) is 15.1. The number of rotatable bonds is 3. The molecule has 6 heteroatoms. The van der Waals surface area contributed by atoms with Gasteiger partial charge in [0.2, 0.25) is 0 Å². The summed E-state index contributed by atoms with van der Waals surface area (Å²) in [5.41, 5.74) is 1.51. The molecule has 1 aliphatic carbocycles. The van der Waals surface area contributed by atoms with Crippen LogP contribution in [0.1, 0.15) is 59.4 Å². The van der Waals surface area contributed by atoms with Crippen molar-refractivity contribution in [2.45, 2.75) is 37.5 Å². The fourth-order valence-electron chi connectivity index (χ4n) is 3.37. The number of aryl methyl sites for hydroxylation is 1. The number of hydrogen-bond acceptors (Lipinski definition) is 4. The summed E-state index contributed by atoms with van der Waals surface area (Å²) < 4.78 is 7.11. The number of nitrogens with zero attached hydrogens (tertiary/aromatic N) is 4. The van der Waals surface area contributed by atoms with E-state index in [1.165, 1.54) is 6.26 Å². The molecule has 2 aromatic rings. The molecule has 116 valence electrons. The molecule has 2 aliphatic rings. The maximum absolute atomic E-state index is 12.8. The monoisotopic (exact) mass is 300 g/mol. The Morgan fingerprint density at radius 2 is 2.18 bits per heavy atom. The van der Waals surface area contributed by atoms with E-state index in [2.05, 4.69) is 10.1 Å². The molecule has 1 atom stereocenters. The van der Waals surface area contributed by atoms with E-state index < -0.39 is 0 Å². The Kier molecular flexibility index (Phi) is 3.24. The van der Waals surface area contributed by atoms with Gasteiger partial charge in [-0.25, -0.2) is 4.98 Å². The topological polar surface area (TPSA) is 64.2 Å². The van der Waals surface area contributed by atoms with Crippen LogP contribution in [-0.4, -0.2) is 38.6 Å². The smallest absolute Gasteiger partial charge is 0.259 e. The molecule has 22 heavy (non-hydrogen) atoms. The highest BCUT2D eigenvalue weighted by Gasteiger charge is 2.35. The summed E-state index contributed by atoms with van der Waals surface area (Å²) in [6.07, 6.45) is 9.61. The first-order valence-corrected chi connectivity index (χ1v) is 7.95. The van der Waals surface area contributed by atoms with E-state index in [1.807, 2.05) is 28.9 Å². The van der Waals surface area contributed by atoms with Crippen molar-refractivity contribution in [2.75, 3.05) is 13.1 Å². The van der Waals surface area contributed by atoms with Crippen molar-refractivity contribution < 1.29 is 9.32 Å². The molecule has 0 aromatic carbocycles. The van der Waals surface area contributed by atoms with Crippen molar-refractivity contribution >= 4 is 5.91 Å². The normalized spacial score (nSPS) is 22.0. The second-order valence-electron chi connectivity index (χ2n) is 6.37. The summed E-state index contributed by atoms with van der Waals surface area (Å²) in [4.78, 5) is 19.2. The van der Waals surface area contributed by atoms with Crippen LogP contribution in [0.2, 0.25) is 0 Å². The molecule has 4 rings (SSSR count). The van der Waals surface area contributed by atoms with Gasteiger partial charge in [0, 0.05) is 44.4 Å². The maximum atomic E-state index is 12.8. The summed E-state index contributed by atoms with van der Waals surface area (Å²) in [6, 6.07) is 0. The SMILES string of the molecule is Cn1ccnc1C1CCCN(C(=O)c2conc2C2CC2)C1. The lowest BCUT2D eigenvalue weighted by Crippen LogP contribution is -2.39. The number of carbonyl (C=O) groups excluding carboxylic acids is 1. The van der Waals surface area contributed by atoms with Gasteiger partial charge in [-0.1, -0.05) is 5.16 Å². The Morgan fingerprint density at radius 3 is 2.91 bits per heavy atom. The van der Waals surface area contributed by atoms with Gasteiger partial charge < -0.3 is 14.0 Å². The van der Waals surface area contributed by atoms with E-state index in [9.17, 15) is 4.79 Å². The highest BCUT2D eigenvalue weighted by molar-refractivity contribution is 5.95. The van der Waals surface area contributed by atoms with Gasteiger partial charge in [0.15, 0.2) is 0 Å². The van der Waals surface area contributed by atoms with Crippen LogP contribution >= 0.6 is 0 Å². The highest BCUT2D eigenvalue weighted by Crippen LogP contribution is 2.41. The highest BCUT2D eigenvalue weighted by atomic mass is 16.5. The van der Waals surface area contributed by atoms with E-state index >= 15 is 0 Å². The van der Waals surface area contributed by atoms with E-state index in [0.717, 1.165) is 50.3 Å². The predicted octanol–water partition coefficient (Wildman–Crippen LogP) is 2.31. The second kappa shape index (κ2) is 5.26. The molecule has 0 N–H and O–H groups in total. The van der Waals surface area contributed by atoms with Gasteiger partial charge in [0.05, 0.1) is 5.69 Å². The number of hydrogen-bond donors (Lipinski definition) is 0. The van der Waals surface area contributed by atoms with Gasteiger partial charge in [-0.05, 0) is 25.7 Å². The van der Waals surface area contributed by atoms with Crippen LogP contribution in [0.4, 0.5) is 0 Å². The molecule has 0 radical (unpaired) electrons. The number of aromatic nitrogens is 3. The maximum Gasteiger partial charge on any atom is 0.259 e. The van der Waals surface area contributed by atoms with Crippen molar-refractivity contribution in [1.82, 2.24) is 19.6 Å². The van der Waals surface area contributed by atoms with Crippen LogP contribution in [0.25, 0.3) is 0 Å². The second-order valence-corrected chi connectivity index (χ2v) is 6.37. The van der Waals surface area contributed by atoms with Crippen LogP contribution in [0.5, 0.6) is 0 Å². The third kappa shape index (κ3) is 2.32. The molecule has 0 bridgehead atoms. The van der Waals surface area contributed by atoms with Gasteiger partial charge in [0.25, 0.3) is 5.91 Å². The molecule has 6 nitrogen and oxygen atoms in total. The summed E-state index contributed by atoms with van der Waals surface area (Å²) in [5, 5.41) is 4.04. The predicted molar refractivity (Wildman–Crippen MR) is 79.6 cm³/mol. The molecule has 2 aromatic heterocycles. The summed E-state index contributed by atoms with van der Waals surface area (Å²) >= 11 is 0. The average Bonchev–Trinajstić information content (AvgIpc) is 3.10. The molecule has 0 spiro atoms. The van der Waals surface area contributed by atoms with Crippen molar-refractivity contribution in [2.24, 2.45) is 7.05 Å². The lowest BCUT2D eigenvalue weighted by atomic mass is 9.96. The van der Waals surface area contributed by atoms with Crippen LogP contribution in [0.15, 0.2) is 23.2 Å². The molecule has 2 fully saturated rings. The Labute approximate surface area is 129 Å². The Bertz CT molecular complexity index is 686. The molecule has 1 saturated heterocycles. The number of likely N-dealkylation sites (tertiary alicyclic amines) is 1. The van der Waals surface area contributed by atoms with Crippen molar-refractivity contribution in [3.8, 4) is 0 Å². The Morgan fingerprint density at radius 1 is 1.32 bits per heavy atom. The van der Waals surface area contributed by atoms with Gasteiger partial charge >= 0.3 is 0 Å². The Hall–Kier alpha value is -2.11. The molecular weight excluding hydrogens is 280 g/mol. The van der Waals surface area contributed by atoms with Crippen molar-refractivity contribution in [1.29, 1.82) is 0 Å². The van der Waals surface area contributed by atoms with E-state index in [1.54, 1.807) is 0 Å². The molecular formula is C16H20N4O2. The fraction of sp³-hybridized carbons (Fsp3) is 0.562. The molecule has 1 amide bonds. The lowest BCUT2D eigenvalue weighted by molar-refractivity contribution is 0.0702. The summed E-state index contributed by atoms with van der Waals surface area (Å²) in [5.74, 6) is 1.85. The first-order chi connectivity index (χ1) is 10.7. The minimum atomic E-state index is 0.0575. The van der Waals surface area contributed by atoms with Crippen LogP contribution < -0.4 is 0 Å². The van der Waals surface area contributed by atoms with E-state index in [-0.39, 0.29) is 5.91 Å². The van der Waals surface area contributed by atoms with Gasteiger partial charge in [0.1, 0.15) is 17.7 Å². The third-order valence-electron chi connectivity index (χ3n) is 4.72. The molecule has 1 unspecified atom stereocenters. The Balaban J connectivity index is 1.53. The minimum absolute atomic E-state index is 0.0575. The first-order valence-electron chi connectivity index (χ1n) is 7.95. The van der Waals surface area contributed by atoms with Crippen LogP contribution in [-0.2, 0) is 7.05 Å². The quantitative estimate of drug-likeness (QED) is 0.872. The summed E-state index contributed by atoms with van der Waals surface area (Å²) in [6.45, 7) is 1.52. The summed E-state index contributed by atoms with van der Waals surface area (Å²) in [7, 11) is 2.01. The minimum Gasteiger partial charge on any atom is -0.364 e. The standard InChI is InChI=1S/C16H20N4O2/c1-19-8-6-17-15(19)12-3-2-7-20(9-12)16(21)13-10-22-18-14(13)11-4-5-11/h6,8,10-12H,2-5,7,9H2,1H3.